The standard InChI is InChI=1S/C17H15ClIN5/c1-10-13(18)3-2-4-14(10)24-17-15(20)16(21-9-22-17)23-12-7-5-11(19)6-8-12/h2-9H,20H2,1H3,(H2,21,22,23,24). The van der Waals surface area contributed by atoms with Crippen molar-refractivity contribution in [3.05, 3.63) is 62.9 Å². The molecule has 0 radical (unpaired) electrons. The minimum atomic E-state index is 0.440. The van der Waals surface area contributed by atoms with Gasteiger partial charge in [0.1, 0.15) is 12.0 Å². The van der Waals surface area contributed by atoms with Gasteiger partial charge in [-0.15, -0.1) is 0 Å². The SMILES string of the molecule is Cc1c(Cl)cccc1Nc1ncnc(Nc2ccc(I)cc2)c1N. The summed E-state index contributed by atoms with van der Waals surface area (Å²) >= 11 is 8.41. The highest BCUT2D eigenvalue weighted by atomic mass is 127. The lowest BCUT2D eigenvalue weighted by molar-refractivity contribution is 1.17. The number of nitrogens with one attached hydrogen (secondary N) is 2. The molecule has 122 valence electrons. The van der Waals surface area contributed by atoms with Crippen LogP contribution in [-0.4, -0.2) is 9.97 Å². The van der Waals surface area contributed by atoms with Crippen molar-refractivity contribution >= 4 is 62.9 Å². The number of hydrogen-bond donors (Lipinski definition) is 3. The van der Waals surface area contributed by atoms with Gasteiger partial charge >= 0.3 is 0 Å². The Morgan fingerprint density at radius 2 is 1.67 bits per heavy atom. The molecule has 0 aliphatic heterocycles. The molecule has 2 aromatic carbocycles. The van der Waals surface area contributed by atoms with Crippen LogP contribution in [0.15, 0.2) is 48.8 Å². The summed E-state index contributed by atoms with van der Waals surface area (Å²) in [5.41, 5.74) is 9.35. The van der Waals surface area contributed by atoms with Crippen LogP contribution in [-0.2, 0) is 0 Å². The van der Waals surface area contributed by atoms with E-state index in [4.69, 9.17) is 17.3 Å². The van der Waals surface area contributed by atoms with Gasteiger partial charge in [0.25, 0.3) is 0 Å². The zero-order valence-corrected chi connectivity index (χ0v) is 15.8. The van der Waals surface area contributed by atoms with Crippen molar-refractivity contribution in [2.24, 2.45) is 0 Å². The van der Waals surface area contributed by atoms with Crippen LogP contribution >= 0.6 is 34.2 Å². The Bertz CT molecular complexity index is 867. The molecule has 0 saturated carbocycles. The Morgan fingerprint density at radius 1 is 1.00 bits per heavy atom. The fourth-order valence-corrected chi connectivity index (χ4v) is 2.67. The highest BCUT2D eigenvalue weighted by molar-refractivity contribution is 14.1. The number of nitrogens with two attached hydrogens (primary N) is 1. The first-order valence-corrected chi connectivity index (χ1v) is 8.65. The van der Waals surface area contributed by atoms with E-state index in [1.54, 1.807) is 0 Å². The molecule has 3 aromatic rings. The summed E-state index contributed by atoms with van der Waals surface area (Å²) in [4.78, 5) is 8.45. The number of anilines is 5. The Labute approximate surface area is 158 Å². The zero-order chi connectivity index (χ0) is 17.1. The van der Waals surface area contributed by atoms with E-state index in [2.05, 4.69) is 43.2 Å². The van der Waals surface area contributed by atoms with E-state index in [1.807, 2.05) is 49.4 Å². The molecule has 1 aromatic heterocycles. The number of nitrogens with zero attached hydrogens (tertiary/aromatic N) is 2. The minimum absolute atomic E-state index is 0.440. The molecule has 0 bridgehead atoms. The molecule has 3 rings (SSSR count). The van der Waals surface area contributed by atoms with Crippen LogP contribution in [0.25, 0.3) is 0 Å². The number of aromatic nitrogens is 2. The first kappa shape index (κ1) is 16.8. The van der Waals surface area contributed by atoms with E-state index in [0.717, 1.165) is 20.5 Å². The van der Waals surface area contributed by atoms with Crippen molar-refractivity contribution in [3.8, 4) is 0 Å². The lowest BCUT2D eigenvalue weighted by Gasteiger charge is -2.14. The third-order valence-corrected chi connectivity index (χ3v) is 4.64. The second-order valence-corrected chi connectivity index (χ2v) is 6.81. The molecule has 0 aliphatic carbocycles. The van der Waals surface area contributed by atoms with Crippen LogP contribution in [0.1, 0.15) is 5.56 Å². The molecule has 1 heterocycles. The molecule has 0 saturated heterocycles. The summed E-state index contributed by atoms with van der Waals surface area (Å²) in [7, 11) is 0. The van der Waals surface area contributed by atoms with Gasteiger partial charge in [-0.3, -0.25) is 0 Å². The third-order valence-electron chi connectivity index (χ3n) is 3.51. The van der Waals surface area contributed by atoms with Crippen molar-refractivity contribution in [2.75, 3.05) is 16.4 Å². The largest absolute Gasteiger partial charge is 0.393 e. The quantitative estimate of drug-likeness (QED) is 0.481. The smallest absolute Gasteiger partial charge is 0.159 e. The van der Waals surface area contributed by atoms with E-state index in [0.29, 0.717) is 22.3 Å². The summed E-state index contributed by atoms with van der Waals surface area (Å²) in [6.45, 7) is 1.94. The highest BCUT2D eigenvalue weighted by Gasteiger charge is 2.10. The number of halogens is 2. The maximum absolute atomic E-state index is 6.21. The number of nitrogen functional groups attached to an aromatic ring is 1. The molecule has 0 unspecified atom stereocenters. The van der Waals surface area contributed by atoms with E-state index < -0.39 is 0 Å². The molecule has 7 heteroatoms. The Kier molecular flexibility index (Phi) is 5.06. The van der Waals surface area contributed by atoms with Crippen LogP contribution in [0.5, 0.6) is 0 Å². The average Bonchev–Trinajstić information content (AvgIpc) is 2.57. The fraction of sp³-hybridized carbons (Fsp3) is 0.0588. The normalized spacial score (nSPS) is 10.5. The molecule has 0 aliphatic rings. The Hall–Kier alpha value is -2.06. The highest BCUT2D eigenvalue weighted by Crippen LogP contribution is 2.31. The average molecular weight is 452 g/mol. The van der Waals surface area contributed by atoms with Gasteiger partial charge in [0.15, 0.2) is 11.6 Å². The summed E-state index contributed by atoms with van der Waals surface area (Å²) < 4.78 is 1.16. The minimum Gasteiger partial charge on any atom is -0.393 e. The second kappa shape index (κ2) is 7.23. The van der Waals surface area contributed by atoms with Crippen molar-refractivity contribution in [1.29, 1.82) is 0 Å². The number of rotatable bonds is 4. The molecule has 4 N–H and O–H groups in total. The molecule has 0 spiro atoms. The monoisotopic (exact) mass is 451 g/mol. The summed E-state index contributed by atoms with van der Waals surface area (Å²) in [6.07, 6.45) is 1.47. The molecule has 0 amide bonds. The van der Waals surface area contributed by atoms with Gasteiger partial charge in [0, 0.05) is 20.0 Å². The Balaban J connectivity index is 1.88. The predicted molar refractivity (Wildman–Crippen MR) is 108 cm³/mol. The number of hydrogen-bond acceptors (Lipinski definition) is 5. The molecule has 5 nitrogen and oxygen atoms in total. The summed E-state index contributed by atoms with van der Waals surface area (Å²) in [5, 5.41) is 7.11. The van der Waals surface area contributed by atoms with Gasteiger partial charge < -0.3 is 16.4 Å². The summed E-state index contributed by atoms with van der Waals surface area (Å²) in [5.74, 6) is 1.08. The van der Waals surface area contributed by atoms with Crippen LogP contribution in [0.2, 0.25) is 5.02 Å². The van der Waals surface area contributed by atoms with Crippen LogP contribution in [0.3, 0.4) is 0 Å². The van der Waals surface area contributed by atoms with Crippen molar-refractivity contribution in [1.82, 2.24) is 9.97 Å². The lowest BCUT2D eigenvalue weighted by atomic mass is 10.2. The Morgan fingerprint density at radius 3 is 2.38 bits per heavy atom. The van der Waals surface area contributed by atoms with Crippen molar-refractivity contribution in [3.63, 3.8) is 0 Å². The first-order valence-electron chi connectivity index (χ1n) is 7.20. The van der Waals surface area contributed by atoms with E-state index >= 15 is 0 Å². The topological polar surface area (TPSA) is 75.9 Å². The van der Waals surface area contributed by atoms with E-state index in [-0.39, 0.29) is 0 Å². The lowest BCUT2D eigenvalue weighted by Crippen LogP contribution is -2.05. The first-order chi connectivity index (χ1) is 11.5. The van der Waals surface area contributed by atoms with Gasteiger partial charge in [-0.2, -0.15) is 0 Å². The maximum atomic E-state index is 6.21. The zero-order valence-electron chi connectivity index (χ0n) is 12.8. The van der Waals surface area contributed by atoms with Gasteiger partial charge in [0.2, 0.25) is 0 Å². The van der Waals surface area contributed by atoms with Crippen LogP contribution in [0.4, 0.5) is 28.7 Å². The molecule has 24 heavy (non-hydrogen) atoms. The van der Waals surface area contributed by atoms with Crippen molar-refractivity contribution in [2.45, 2.75) is 6.92 Å². The second-order valence-electron chi connectivity index (χ2n) is 5.15. The van der Waals surface area contributed by atoms with Gasteiger partial charge in [-0.25, -0.2) is 9.97 Å². The summed E-state index contributed by atoms with van der Waals surface area (Å²) in [6, 6.07) is 13.6. The van der Waals surface area contributed by atoms with Gasteiger partial charge in [-0.05, 0) is 71.5 Å². The fourth-order valence-electron chi connectivity index (χ4n) is 2.14. The molecular weight excluding hydrogens is 437 g/mol. The molecular formula is C17H15ClIN5. The van der Waals surface area contributed by atoms with Crippen molar-refractivity contribution < 1.29 is 0 Å². The maximum Gasteiger partial charge on any atom is 0.159 e. The van der Waals surface area contributed by atoms with Gasteiger partial charge in [-0.1, -0.05) is 17.7 Å². The van der Waals surface area contributed by atoms with Crippen LogP contribution < -0.4 is 16.4 Å². The predicted octanol–water partition coefficient (Wildman–Crippen LogP) is 5.11. The van der Waals surface area contributed by atoms with Crippen LogP contribution in [0, 0.1) is 10.5 Å². The molecule has 0 atom stereocenters. The van der Waals surface area contributed by atoms with Gasteiger partial charge in [0.05, 0.1) is 0 Å². The molecule has 0 fully saturated rings. The third kappa shape index (κ3) is 3.70. The van der Waals surface area contributed by atoms with E-state index in [9.17, 15) is 0 Å². The number of benzene rings is 2. The van der Waals surface area contributed by atoms with E-state index in [1.165, 1.54) is 6.33 Å².